The van der Waals surface area contributed by atoms with Gasteiger partial charge < -0.3 is 15.2 Å². The molecule has 1 fully saturated rings. The van der Waals surface area contributed by atoms with Gasteiger partial charge in [-0.3, -0.25) is 9.59 Å². The van der Waals surface area contributed by atoms with Gasteiger partial charge in [-0.25, -0.2) is 13.8 Å². The minimum Gasteiger partial charge on any atom is -0.339 e. The van der Waals surface area contributed by atoms with Crippen LogP contribution >= 0.6 is 11.6 Å². The molecule has 3 heterocycles. The van der Waals surface area contributed by atoms with Gasteiger partial charge in [-0.05, 0) is 49.9 Å². The molecule has 1 unspecified atom stereocenters. The van der Waals surface area contributed by atoms with Gasteiger partial charge in [0.15, 0.2) is 0 Å². The topological polar surface area (TPSA) is 78.1 Å². The van der Waals surface area contributed by atoms with Crippen molar-refractivity contribution in [1.82, 2.24) is 20.2 Å². The molecule has 0 spiro atoms. The average Bonchev–Trinajstić information content (AvgIpc) is 3.18. The van der Waals surface area contributed by atoms with Gasteiger partial charge in [-0.15, -0.1) is 0 Å². The number of hydrogen-bond acceptors (Lipinski definition) is 3. The summed E-state index contributed by atoms with van der Waals surface area (Å²) in [5, 5.41) is 3.82. The van der Waals surface area contributed by atoms with Crippen LogP contribution in [0.5, 0.6) is 0 Å². The Kier molecular flexibility index (Phi) is 6.41. The van der Waals surface area contributed by atoms with Crippen molar-refractivity contribution in [3.8, 4) is 0 Å². The number of piperidine rings is 1. The zero-order valence-corrected chi connectivity index (χ0v) is 18.3. The Bertz CT molecular complexity index is 1170. The van der Waals surface area contributed by atoms with Crippen LogP contribution < -0.4 is 5.32 Å². The summed E-state index contributed by atoms with van der Waals surface area (Å²) in [7, 11) is 0. The van der Waals surface area contributed by atoms with Crippen LogP contribution in [0.25, 0.3) is 11.0 Å². The van der Waals surface area contributed by atoms with E-state index in [9.17, 15) is 18.4 Å². The van der Waals surface area contributed by atoms with Gasteiger partial charge in [0, 0.05) is 36.7 Å². The molecule has 4 rings (SSSR count). The van der Waals surface area contributed by atoms with E-state index in [0.29, 0.717) is 22.6 Å². The van der Waals surface area contributed by atoms with Crippen molar-refractivity contribution in [1.29, 1.82) is 0 Å². The predicted molar refractivity (Wildman–Crippen MR) is 117 cm³/mol. The first kappa shape index (κ1) is 22.2. The van der Waals surface area contributed by atoms with Crippen LogP contribution in [-0.4, -0.2) is 45.3 Å². The van der Waals surface area contributed by atoms with E-state index in [2.05, 4.69) is 15.3 Å². The summed E-state index contributed by atoms with van der Waals surface area (Å²) in [6.07, 6.45) is 4.13. The van der Waals surface area contributed by atoms with Crippen molar-refractivity contribution < 1.29 is 18.4 Å². The molecule has 1 aliphatic rings. The van der Waals surface area contributed by atoms with Crippen LogP contribution in [0.2, 0.25) is 5.02 Å². The Balaban J connectivity index is 1.60. The number of halogens is 3. The third-order valence-electron chi connectivity index (χ3n) is 5.81. The lowest BCUT2D eigenvalue weighted by molar-refractivity contribution is -0.136. The fourth-order valence-electron chi connectivity index (χ4n) is 4.08. The first-order valence-electron chi connectivity index (χ1n) is 10.5. The number of rotatable bonds is 5. The fourth-order valence-corrected chi connectivity index (χ4v) is 4.25. The molecule has 0 radical (unpaired) electrons. The summed E-state index contributed by atoms with van der Waals surface area (Å²) in [5.41, 5.74) is 0.843. The van der Waals surface area contributed by atoms with Crippen molar-refractivity contribution in [2.45, 2.75) is 44.7 Å². The molecule has 0 bridgehead atoms. The van der Waals surface area contributed by atoms with Crippen LogP contribution in [0.1, 0.15) is 42.2 Å². The summed E-state index contributed by atoms with van der Waals surface area (Å²) in [6, 6.07) is 5.48. The summed E-state index contributed by atoms with van der Waals surface area (Å²) in [5.74, 6) is -2.27. The second-order valence-corrected chi connectivity index (χ2v) is 8.55. The highest BCUT2D eigenvalue weighted by atomic mass is 35.5. The molecule has 0 saturated carbocycles. The summed E-state index contributed by atoms with van der Waals surface area (Å²) in [4.78, 5) is 35.1. The van der Waals surface area contributed by atoms with Gasteiger partial charge in [-0.2, -0.15) is 0 Å². The quantitative estimate of drug-likeness (QED) is 0.598. The number of carbonyl (C=O) groups is 2. The number of carbonyl (C=O) groups excluding carboxylic acids is 2. The molecule has 2 amide bonds. The molecule has 6 nitrogen and oxygen atoms in total. The van der Waals surface area contributed by atoms with E-state index in [1.807, 2.05) is 6.92 Å². The maximum Gasteiger partial charge on any atom is 0.268 e. The number of nitrogens with one attached hydrogen (secondary N) is 2. The molecule has 1 aromatic carbocycles. The number of fused-ring (bicyclic) bond motifs is 1. The van der Waals surface area contributed by atoms with Gasteiger partial charge >= 0.3 is 0 Å². The van der Waals surface area contributed by atoms with E-state index in [1.54, 1.807) is 17.0 Å². The van der Waals surface area contributed by atoms with Crippen LogP contribution in [-0.2, 0) is 11.2 Å². The van der Waals surface area contributed by atoms with Gasteiger partial charge in [0.05, 0.1) is 5.02 Å². The lowest BCUT2D eigenvalue weighted by Crippen LogP contribution is -2.53. The van der Waals surface area contributed by atoms with E-state index in [4.69, 9.17) is 11.6 Å². The standard InChI is InChI=1S/C23H23ClF2N4O2/c1-13-4-2-3-7-30(13)23(32)20(9-14-5-6-17(25)11-18(14)26)29-22(31)19-10-15-8-16(24)12-27-21(15)28-19/h5-6,8,10-13,20H,2-4,7,9H2,1H3,(H,27,28)(H,29,31)/t13?,20-/m0/s1. The zero-order valence-electron chi connectivity index (χ0n) is 17.5. The minimum absolute atomic E-state index is 0.0214. The molecule has 2 N–H and O–H groups in total. The van der Waals surface area contributed by atoms with E-state index in [0.717, 1.165) is 31.4 Å². The lowest BCUT2D eigenvalue weighted by Gasteiger charge is -2.36. The number of pyridine rings is 1. The molecule has 2 aromatic heterocycles. The normalized spacial score (nSPS) is 17.4. The molecule has 168 valence electrons. The number of likely N-dealkylation sites (tertiary alicyclic amines) is 1. The highest BCUT2D eigenvalue weighted by Gasteiger charge is 2.31. The Hall–Kier alpha value is -3.00. The van der Waals surface area contributed by atoms with E-state index in [-0.39, 0.29) is 29.6 Å². The van der Waals surface area contributed by atoms with Crippen LogP contribution in [0, 0.1) is 11.6 Å². The third-order valence-corrected chi connectivity index (χ3v) is 6.02. The molecule has 2 atom stereocenters. The molecule has 1 aliphatic heterocycles. The number of H-pyrrole nitrogens is 1. The number of amides is 2. The fraction of sp³-hybridized carbons (Fsp3) is 0.348. The third kappa shape index (κ3) is 4.75. The summed E-state index contributed by atoms with van der Waals surface area (Å²) < 4.78 is 27.7. The van der Waals surface area contributed by atoms with Gasteiger partial charge in [-0.1, -0.05) is 17.7 Å². The van der Waals surface area contributed by atoms with Crippen LogP contribution in [0.4, 0.5) is 8.78 Å². The largest absolute Gasteiger partial charge is 0.339 e. The van der Waals surface area contributed by atoms with Gasteiger partial charge in [0.25, 0.3) is 5.91 Å². The van der Waals surface area contributed by atoms with Crippen molar-refractivity contribution in [3.05, 3.63) is 64.4 Å². The van der Waals surface area contributed by atoms with E-state index < -0.39 is 23.6 Å². The Morgan fingerprint density at radius 2 is 2.09 bits per heavy atom. The first-order valence-corrected chi connectivity index (χ1v) is 10.9. The predicted octanol–water partition coefficient (Wildman–Crippen LogP) is 4.24. The highest BCUT2D eigenvalue weighted by Crippen LogP contribution is 2.21. The SMILES string of the molecule is CC1CCCCN1C(=O)[C@H](Cc1ccc(F)cc1F)NC(=O)c1cc2cc(Cl)cnc2[nH]1. The summed E-state index contributed by atoms with van der Waals surface area (Å²) in [6.45, 7) is 2.54. The maximum atomic E-state index is 14.3. The molecule has 9 heteroatoms. The van der Waals surface area contributed by atoms with E-state index in [1.165, 1.54) is 12.3 Å². The van der Waals surface area contributed by atoms with Gasteiger partial charge in [0.1, 0.15) is 29.0 Å². The second kappa shape index (κ2) is 9.24. The molecule has 32 heavy (non-hydrogen) atoms. The number of nitrogens with zero attached hydrogens (tertiary/aromatic N) is 2. The maximum absolute atomic E-state index is 14.3. The molecule has 0 aliphatic carbocycles. The first-order chi connectivity index (χ1) is 15.3. The smallest absolute Gasteiger partial charge is 0.268 e. The molecular weight excluding hydrogens is 438 g/mol. The Morgan fingerprint density at radius 1 is 1.28 bits per heavy atom. The molecule has 3 aromatic rings. The summed E-state index contributed by atoms with van der Waals surface area (Å²) >= 11 is 5.96. The number of hydrogen-bond donors (Lipinski definition) is 2. The van der Waals surface area contributed by atoms with Crippen LogP contribution in [0.3, 0.4) is 0 Å². The average molecular weight is 461 g/mol. The van der Waals surface area contributed by atoms with Crippen molar-refractivity contribution >= 4 is 34.4 Å². The van der Waals surface area contributed by atoms with Crippen LogP contribution in [0.15, 0.2) is 36.5 Å². The highest BCUT2D eigenvalue weighted by molar-refractivity contribution is 6.31. The number of benzene rings is 1. The monoisotopic (exact) mass is 460 g/mol. The molecular formula is C23H23ClF2N4O2. The number of aromatic nitrogens is 2. The second-order valence-electron chi connectivity index (χ2n) is 8.12. The minimum atomic E-state index is -1.01. The Morgan fingerprint density at radius 3 is 2.84 bits per heavy atom. The van der Waals surface area contributed by atoms with Crippen molar-refractivity contribution in [2.24, 2.45) is 0 Å². The van der Waals surface area contributed by atoms with Crippen molar-refractivity contribution in [2.75, 3.05) is 6.54 Å². The van der Waals surface area contributed by atoms with E-state index >= 15 is 0 Å². The van der Waals surface area contributed by atoms with Gasteiger partial charge in [0.2, 0.25) is 5.91 Å². The number of aromatic amines is 1. The van der Waals surface area contributed by atoms with Crippen molar-refractivity contribution in [3.63, 3.8) is 0 Å². The molecule has 1 saturated heterocycles. The zero-order chi connectivity index (χ0) is 22.8. The Labute approximate surface area is 189 Å². The lowest BCUT2D eigenvalue weighted by atomic mass is 9.99.